The molecule has 2 atom stereocenters. The quantitative estimate of drug-likeness (QED) is 0.595. The van der Waals surface area contributed by atoms with Gasteiger partial charge in [-0.2, -0.15) is 30.6 Å². The molecule has 1 unspecified atom stereocenters. The molecule has 24 heavy (non-hydrogen) atoms. The molecule has 16 heteroatoms. The molecule has 1 heterocycles. The van der Waals surface area contributed by atoms with Crippen molar-refractivity contribution in [3.63, 3.8) is 0 Å². The molecule has 0 aromatic carbocycles. The molecule has 0 amide bonds. The van der Waals surface area contributed by atoms with Crippen LogP contribution in [0.2, 0.25) is 0 Å². The van der Waals surface area contributed by atoms with E-state index in [0.717, 1.165) is 0 Å². The van der Waals surface area contributed by atoms with Crippen molar-refractivity contribution < 1.29 is 53.0 Å². The van der Waals surface area contributed by atoms with E-state index in [4.69, 9.17) is 0 Å². The third kappa shape index (κ3) is 3.93. The molecule has 2 N–H and O–H groups in total. The zero-order valence-electron chi connectivity index (χ0n) is 11.9. The summed E-state index contributed by atoms with van der Waals surface area (Å²) in [5, 5.41) is 9.36. The van der Waals surface area contributed by atoms with E-state index in [1.165, 1.54) is 4.72 Å². The van der Waals surface area contributed by atoms with Crippen LogP contribution in [-0.4, -0.2) is 75.7 Å². The third-order valence-electron chi connectivity index (χ3n) is 2.96. The van der Waals surface area contributed by atoms with Gasteiger partial charge in [-0.05, 0) is 0 Å². The number of ether oxygens (including phenoxy) is 1. The highest BCUT2D eigenvalue weighted by atomic mass is 32.2. The van der Waals surface area contributed by atoms with E-state index < -0.39 is 61.3 Å². The third-order valence-corrected chi connectivity index (χ3v) is 4.85. The van der Waals surface area contributed by atoms with Crippen LogP contribution < -0.4 is 4.72 Å². The summed E-state index contributed by atoms with van der Waals surface area (Å²) in [6.45, 7) is -4.05. The van der Waals surface area contributed by atoms with E-state index in [2.05, 4.69) is 4.74 Å². The van der Waals surface area contributed by atoms with Gasteiger partial charge < -0.3 is 9.84 Å². The Morgan fingerprint density at radius 3 is 1.83 bits per heavy atom. The summed E-state index contributed by atoms with van der Waals surface area (Å²) in [5.41, 5.74) is -4.28. The van der Waals surface area contributed by atoms with E-state index in [0.29, 0.717) is 6.26 Å². The Labute approximate surface area is 132 Å². The maximum absolute atomic E-state index is 13.4. The molecule has 144 valence electrons. The van der Waals surface area contributed by atoms with Gasteiger partial charge in [-0.3, -0.25) is 0 Å². The number of hydrogen-bond acceptors (Lipinski definition) is 6. The summed E-state index contributed by atoms with van der Waals surface area (Å²) < 4.78 is 128. The molecule has 1 aliphatic rings. The van der Waals surface area contributed by atoms with Gasteiger partial charge in [-0.15, -0.1) is 0 Å². The molecule has 8 nitrogen and oxygen atoms in total. The Bertz CT molecular complexity index is 704. The van der Waals surface area contributed by atoms with Crippen molar-refractivity contribution in [3.05, 3.63) is 0 Å². The predicted molar refractivity (Wildman–Crippen MR) is 65.3 cm³/mol. The first-order valence-electron chi connectivity index (χ1n) is 5.74. The van der Waals surface area contributed by atoms with Crippen LogP contribution in [0.3, 0.4) is 0 Å². The summed E-state index contributed by atoms with van der Waals surface area (Å²) in [6.07, 6.45) is -11.1. The average Bonchev–Trinajstić information content (AvgIpc) is 2.60. The van der Waals surface area contributed by atoms with Gasteiger partial charge in [0.05, 0.1) is 25.6 Å². The van der Waals surface area contributed by atoms with Crippen LogP contribution in [-0.2, 0) is 24.8 Å². The summed E-state index contributed by atoms with van der Waals surface area (Å²) in [7, 11) is -9.36. The fourth-order valence-corrected chi connectivity index (χ4v) is 3.48. The number of alkyl halides is 6. The van der Waals surface area contributed by atoms with E-state index in [9.17, 15) is 48.3 Å². The van der Waals surface area contributed by atoms with Gasteiger partial charge >= 0.3 is 12.4 Å². The van der Waals surface area contributed by atoms with Crippen molar-refractivity contribution in [2.45, 2.75) is 23.9 Å². The standard InChI is InChI=1S/C8H12F6N2O6S2/c1-23(18,19)15-3-5(7(9,10)11)16(24(2,20)21)4-6(17,22-5)8(12,13)14/h15,17H,3-4H2,1-2H3/t5?,6-/m0/s1. The highest BCUT2D eigenvalue weighted by molar-refractivity contribution is 7.89. The second-order valence-electron chi connectivity index (χ2n) is 5.03. The number of hydrogen-bond donors (Lipinski definition) is 2. The van der Waals surface area contributed by atoms with Gasteiger partial charge in [0.2, 0.25) is 25.8 Å². The van der Waals surface area contributed by atoms with E-state index in [1.54, 1.807) is 0 Å². The minimum absolute atomic E-state index is 0.152. The lowest BCUT2D eigenvalue weighted by Gasteiger charge is -2.37. The highest BCUT2D eigenvalue weighted by Gasteiger charge is 2.76. The Morgan fingerprint density at radius 2 is 1.54 bits per heavy atom. The first kappa shape index (κ1) is 21.4. The molecule has 1 fully saturated rings. The van der Waals surface area contributed by atoms with E-state index >= 15 is 0 Å². The van der Waals surface area contributed by atoms with Crippen molar-refractivity contribution >= 4 is 20.0 Å². The van der Waals surface area contributed by atoms with Gasteiger partial charge in [0, 0.05) is 0 Å². The second kappa shape index (κ2) is 5.66. The monoisotopic (exact) mass is 410 g/mol. The maximum atomic E-state index is 13.4. The lowest BCUT2D eigenvalue weighted by molar-refractivity contribution is -0.396. The van der Waals surface area contributed by atoms with Crippen LogP contribution >= 0.6 is 0 Å². The van der Waals surface area contributed by atoms with Crippen molar-refractivity contribution in [3.8, 4) is 0 Å². The van der Waals surface area contributed by atoms with Gasteiger partial charge in [0.25, 0.3) is 5.79 Å². The van der Waals surface area contributed by atoms with Crippen LogP contribution in [0.4, 0.5) is 26.3 Å². The molecule has 1 saturated heterocycles. The van der Waals surface area contributed by atoms with Crippen LogP contribution in [0.25, 0.3) is 0 Å². The fraction of sp³-hybridized carbons (Fsp3) is 1.00. The van der Waals surface area contributed by atoms with Crippen LogP contribution in [0.5, 0.6) is 0 Å². The molecular weight excluding hydrogens is 398 g/mol. The summed E-state index contributed by atoms with van der Waals surface area (Å²) in [5.74, 6) is -4.48. The Kier molecular flexibility index (Phi) is 5.04. The lowest BCUT2D eigenvalue weighted by Crippen LogP contribution is -2.63. The number of aliphatic hydroxyl groups is 1. The number of β-amino-alcohol motifs (C(OH)–C–C–N with tert-alkyl or cyclic N) is 1. The minimum Gasteiger partial charge on any atom is -0.357 e. The smallest absolute Gasteiger partial charge is 0.357 e. The Balaban J connectivity index is 3.57. The first-order chi connectivity index (χ1) is 10.3. The van der Waals surface area contributed by atoms with Crippen molar-refractivity contribution in [1.82, 2.24) is 9.03 Å². The SMILES string of the molecule is CS(=O)(=O)NCC1(C(F)(F)F)O[C@](O)(C(F)(F)F)CN1S(C)(=O)=O. The molecular formula is C8H12F6N2O6S2. The average molecular weight is 410 g/mol. The van der Waals surface area contributed by atoms with Gasteiger partial charge in [-0.25, -0.2) is 21.6 Å². The zero-order chi connectivity index (χ0) is 19.4. The van der Waals surface area contributed by atoms with Crippen molar-refractivity contribution in [2.75, 3.05) is 25.6 Å². The minimum atomic E-state index is -5.82. The number of nitrogens with one attached hydrogen (secondary N) is 1. The molecule has 1 rings (SSSR count). The first-order valence-corrected chi connectivity index (χ1v) is 9.48. The van der Waals surface area contributed by atoms with E-state index in [1.807, 2.05) is 0 Å². The highest BCUT2D eigenvalue weighted by Crippen LogP contribution is 2.50. The van der Waals surface area contributed by atoms with Gasteiger partial charge in [0.1, 0.15) is 0 Å². The lowest BCUT2D eigenvalue weighted by atomic mass is 10.2. The Morgan fingerprint density at radius 1 is 1.08 bits per heavy atom. The fourth-order valence-electron chi connectivity index (χ4n) is 1.87. The molecule has 0 bridgehead atoms. The number of halogens is 6. The second-order valence-corrected chi connectivity index (χ2v) is 8.77. The molecule has 0 aromatic rings. The summed E-state index contributed by atoms with van der Waals surface area (Å²) >= 11 is 0. The predicted octanol–water partition coefficient (Wildman–Crippen LogP) is -0.663. The molecule has 0 spiro atoms. The number of sulfonamides is 2. The molecule has 0 aromatic heterocycles. The number of rotatable bonds is 4. The van der Waals surface area contributed by atoms with Gasteiger partial charge in [-0.1, -0.05) is 0 Å². The Hall–Kier alpha value is -0.680. The van der Waals surface area contributed by atoms with Crippen LogP contribution in [0.15, 0.2) is 0 Å². The maximum Gasteiger partial charge on any atom is 0.444 e. The van der Waals surface area contributed by atoms with Gasteiger partial charge in [0.15, 0.2) is 0 Å². The van der Waals surface area contributed by atoms with Crippen molar-refractivity contribution in [2.24, 2.45) is 0 Å². The summed E-state index contributed by atoms with van der Waals surface area (Å²) in [6, 6.07) is 0. The molecule has 0 saturated carbocycles. The number of nitrogens with zero attached hydrogens (tertiary/aromatic N) is 1. The largest absolute Gasteiger partial charge is 0.444 e. The topological polar surface area (TPSA) is 113 Å². The summed E-state index contributed by atoms with van der Waals surface area (Å²) in [4.78, 5) is 0. The molecule has 0 radical (unpaired) electrons. The van der Waals surface area contributed by atoms with Crippen LogP contribution in [0, 0.1) is 0 Å². The zero-order valence-corrected chi connectivity index (χ0v) is 13.6. The molecule has 1 aliphatic heterocycles. The van der Waals surface area contributed by atoms with Crippen molar-refractivity contribution in [1.29, 1.82) is 0 Å². The molecule has 0 aliphatic carbocycles. The van der Waals surface area contributed by atoms with Crippen LogP contribution in [0.1, 0.15) is 0 Å². The van der Waals surface area contributed by atoms with E-state index in [-0.39, 0.29) is 6.26 Å². The normalized spacial score (nSPS) is 30.7.